The van der Waals surface area contributed by atoms with E-state index in [-0.39, 0.29) is 25.7 Å². The first-order valence-electron chi connectivity index (χ1n) is 37.6. The number of carbonyl (C=O) groups excluding carboxylic acids is 4. The van der Waals surface area contributed by atoms with Crippen LogP contribution in [0.1, 0.15) is 369 Å². The maximum atomic E-state index is 13.0. The lowest BCUT2D eigenvalue weighted by Gasteiger charge is -2.21. The third-order valence-corrected chi connectivity index (χ3v) is 19.3. The number of phosphoric ester groups is 2. The second-order valence-electron chi connectivity index (χ2n) is 26.5. The van der Waals surface area contributed by atoms with Crippen LogP contribution in [-0.2, 0) is 65.4 Å². The van der Waals surface area contributed by atoms with E-state index in [1.165, 1.54) is 180 Å². The van der Waals surface area contributed by atoms with Crippen LogP contribution in [0.4, 0.5) is 0 Å². The Morgan fingerprint density at radius 2 is 0.527 bits per heavy atom. The highest BCUT2D eigenvalue weighted by molar-refractivity contribution is 7.47. The van der Waals surface area contributed by atoms with E-state index in [1.807, 2.05) is 0 Å². The fourth-order valence-corrected chi connectivity index (χ4v) is 12.5. The van der Waals surface area contributed by atoms with Gasteiger partial charge in [-0.25, -0.2) is 9.13 Å². The molecule has 0 aromatic carbocycles. The first-order chi connectivity index (χ1) is 43.9. The number of aliphatic hydroxyl groups is 1. The van der Waals surface area contributed by atoms with Gasteiger partial charge in [-0.1, -0.05) is 318 Å². The molecule has 4 unspecified atom stereocenters. The molecule has 0 fully saturated rings. The molecule has 0 radical (unpaired) electrons. The first-order valence-corrected chi connectivity index (χ1v) is 40.6. The summed E-state index contributed by atoms with van der Waals surface area (Å²) in [6, 6.07) is 0. The van der Waals surface area contributed by atoms with Crippen LogP contribution in [0.25, 0.3) is 0 Å². The highest BCUT2D eigenvalue weighted by atomic mass is 31.2. The number of esters is 4. The molecule has 0 aromatic heterocycles. The van der Waals surface area contributed by atoms with Crippen molar-refractivity contribution in [1.29, 1.82) is 0 Å². The zero-order valence-electron chi connectivity index (χ0n) is 59.1. The Hall–Kier alpha value is -1.94. The SMILES string of the molecule is CCCCCCCCCCCCCCCCCCCCC(=O)O[C@H](COC(=O)CCCCCCCCCCCCCCC)COP(=O)(O)OC[C@@H](O)COP(=O)(O)OC[C@@H](COC(=O)CCCCCCCCC(C)CC)OC(=O)CCCCCCCCC(C)CC. The largest absolute Gasteiger partial charge is 0.472 e. The summed E-state index contributed by atoms with van der Waals surface area (Å²) in [4.78, 5) is 72.6. The molecule has 0 spiro atoms. The molecule has 0 amide bonds. The number of unbranched alkanes of at least 4 members (excludes halogenated alkanes) is 39. The fraction of sp³-hybridized carbons (Fsp3) is 0.944. The number of carbonyl (C=O) groups is 4. The van der Waals surface area contributed by atoms with Crippen LogP contribution in [0.3, 0.4) is 0 Å². The van der Waals surface area contributed by atoms with Crippen LogP contribution < -0.4 is 0 Å². The average molecular weight is 1340 g/mol. The van der Waals surface area contributed by atoms with Gasteiger partial charge in [0.05, 0.1) is 26.4 Å². The van der Waals surface area contributed by atoms with E-state index in [9.17, 15) is 43.2 Å². The van der Waals surface area contributed by atoms with Gasteiger partial charge in [0.25, 0.3) is 0 Å². The molecule has 0 bridgehead atoms. The maximum Gasteiger partial charge on any atom is 0.472 e. The van der Waals surface area contributed by atoms with Gasteiger partial charge in [-0.05, 0) is 37.5 Å². The van der Waals surface area contributed by atoms with Gasteiger partial charge in [-0.3, -0.25) is 37.3 Å². The lowest BCUT2D eigenvalue weighted by molar-refractivity contribution is -0.161. The fourth-order valence-electron chi connectivity index (χ4n) is 10.9. The lowest BCUT2D eigenvalue weighted by atomic mass is 10.00. The molecule has 91 heavy (non-hydrogen) atoms. The summed E-state index contributed by atoms with van der Waals surface area (Å²) < 4.78 is 68.3. The minimum Gasteiger partial charge on any atom is -0.462 e. The Labute approximate surface area is 556 Å². The van der Waals surface area contributed by atoms with Crippen molar-refractivity contribution in [2.75, 3.05) is 39.6 Å². The van der Waals surface area contributed by atoms with E-state index in [4.69, 9.17) is 37.0 Å². The van der Waals surface area contributed by atoms with Crippen molar-refractivity contribution in [3.63, 3.8) is 0 Å². The van der Waals surface area contributed by atoms with E-state index in [1.54, 1.807) is 0 Å². The van der Waals surface area contributed by atoms with E-state index in [0.717, 1.165) is 108 Å². The van der Waals surface area contributed by atoms with E-state index < -0.39 is 97.5 Å². The van der Waals surface area contributed by atoms with E-state index >= 15 is 0 Å². The highest BCUT2D eigenvalue weighted by Gasteiger charge is 2.30. The van der Waals surface area contributed by atoms with Crippen molar-refractivity contribution < 1.29 is 80.2 Å². The monoisotopic (exact) mass is 1340 g/mol. The highest BCUT2D eigenvalue weighted by Crippen LogP contribution is 2.45. The van der Waals surface area contributed by atoms with Crippen molar-refractivity contribution >= 4 is 39.5 Å². The predicted octanol–water partition coefficient (Wildman–Crippen LogP) is 20.8. The summed E-state index contributed by atoms with van der Waals surface area (Å²) in [7, 11) is -9.90. The zero-order chi connectivity index (χ0) is 67.2. The topological polar surface area (TPSA) is 237 Å². The first kappa shape index (κ1) is 89.1. The van der Waals surface area contributed by atoms with Crippen molar-refractivity contribution in [1.82, 2.24) is 0 Å². The van der Waals surface area contributed by atoms with Crippen molar-refractivity contribution in [3.05, 3.63) is 0 Å². The van der Waals surface area contributed by atoms with Crippen LogP contribution in [-0.4, -0.2) is 96.7 Å². The van der Waals surface area contributed by atoms with Crippen LogP contribution in [0.15, 0.2) is 0 Å². The minimum absolute atomic E-state index is 0.102. The van der Waals surface area contributed by atoms with E-state index in [0.29, 0.717) is 25.7 Å². The molecule has 0 aromatic rings. The van der Waals surface area contributed by atoms with Gasteiger partial charge in [0.1, 0.15) is 19.3 Å². The van der Waals surface area contributed by atoms with Crippen LogP contribution >= 0.6 is 15.6 Å². The van der Waals surface area contributed by atoms with Crippen LogP contribution in [0.2, 0.25) is 0 Å². The van der Waals surface area contributed by atoms with Gasteiger partial charge in [-0.2, -0.15) is 0 Å². The molecule has 0 rings (SSSR count). The quantitative estimate of drug-likeness (QED) is 0.0222. The van der Waals surface area contributed by atoms with Gasteiger partial charge < -0.3 is 33.8 Å². The van der Waals surface area contributed by atoms with Gasteiger partial charge >= 0.3 is 39.5 Å². The Bertz CT molecular complexity index is 1770. The van der Waals surface area contributed by atoms with Crippen LogP contribution in [0.5, 0.6) is 0 Å². The molecule has 7 atom stereocenters. The lowest BCUT2D eigenvalue weighted by Crippen LogP contribution is -2.30. The third-order valence-electron chi connectivity index (χ3n) is 17.4. The van der Waals surface area contributed by atoms with Crippen molar-refractivity contribution in [3.8, 4) is 0 Å². The molecule has 17 nitrogen and oxygen atoms in total. The van der Waals surface area contributed by atoms with Crippen LogP contribution in [0, 0.1) is 11.8 Å². The summed E-state index contributed by atoms with van der Waals surface area (Å²) in [6.07, 6.45) is 50.0. The van der Waals surface area contributed by atoms with Gasteiger partial charge in [0, 0.05) is 25.7 Å². The second kappa shape index (κ2) is 64.1. The van der Waals surface area contributed by atoms with Gasteiger partial charge in [0.15, 0.2) is 12.2 Å². The molecular formula is C72H140O17P2. The second-order valence-corrected chi connectivity index (χ2v) is 29.4. The molecule has 3 N–H and O–H groups in total. The molecule has 0 aliphatic heterocycles. The van der Waals surface area contributed by atoms with Crippen molar-refractivity contribution in [2.45, 2.75) is 387 Å². The molecule has 0 saturated carbocycles. The Morgan fingerprint density at radius 3 is 0.780 bits per heavy atom. The number of hydrogen-bond acceptors (Lipinski definition) is 15. The Kier molecular flexibility index (Phi) is 62.7. The predicted molar refractivity (Wildman–Crippen MR) is 368 cm³/mol. The summed E-state index contributed by atoms with van der Waals surface area (Å²) in [5, 5.41) is 10.6. The molecule has 0 saturated heterocycles. The number of hydrogen-bond donors (Lipinski definition) is 3. The molecule has 19 heteroatoms. The molecule has 0 heterocycles. The summed E-state index contributed by atoms with van der Waals surface area (Å²) in [5.41, 5.74) is 0. The Balaban J connectivity index is 5.23. The number of rotatable bonds is 71. The Morgan fingerprint density at radius 1 is 0.308 bits per heavy atom. The molecule has 0 aliphatic rings. The number of aliphatic hydroxyl groups excluding tert-OH is 1. The van der Waals surface area contributed by atoms with Gasteiger partial charge in [0.2, 0.25) is 0 Å². The maximum absolute atomic E-state index is 13.0. The van der Waals surface area contributed by atoms with Gasteiger partial charge in [-0.15, -0.1) is 0 Å². The smallest absolute Gasteiger partial charge is 0.462 e. The molecule has 540 valence electrons. The zero-order valence-corrected chi connectivity index (χ0v) is 60.9. The van der Waals surface area contributed by atoms with E-state index in [2.05, 4.69) is 41.5 Å². The van der Waals surface area contributed by atoms with Crippen molar-refractivity contribution in [2.24, 2.45) is 11.8 Å². The molecular weight excluding hydrogens is 1200 g/mol. The summed E-state index contributed by atoms with van der Waals surface area (Å²) in [6.45, 7) is 9.47. The minimum atomic E-state index is -4.95. The standard InChI is InChI=1S/C72H140O17P2/c1-7-11-13-15-17-19-21-23-24-25-26-27-29-31-33-35-44-50-56-71(76)88-67(60-82-69(74)54-48-42-34-32-30-28-22-20-18-16-14-12-8-2)62-86-90(78,79)84-58-66(73)59-85-91(80,81)87-63-68(89-72(77)57-51-45-39-37-41-47-53-65(6)10-4)61-83-70(75)55-49-43-38-36-40-46-52-64(5)9-3/h64-68,73H,7-63H2,1-6H3,(H,78,79)(H,80,81)/t64?,65?,66-,67-,68-/m1/s1. The number of ether oxygens (including phenoxy) is 4. The summed E-state index contributed by atoms with van der Waals surface area (Å²) in [5.74, 6) is -0.674. The number of phosphoric acid groups is 2. The summed E-state index contributed by atoms with van der Waals surface area (Å²) >= 11 is 0. The normalized spacial score (nSPS) is 14.7. The third kappa shape index (κ3) is 63.9. The molecule has 0 aliphatic carbocycles. The average Bonchev–Trinajstić information content (AvgIpc) is 2.73.